The van der Waals surface area contributed by atoms with E-state index >= 15 is 0 Å². The van der Waals surface area contributed by atoms with Gasteiger partial charge in [-0.1, -0.05) is 51.5 Å². The van der Waals surface area contributed by atoms with Crippen LogP contribution in [0.5, 0.6) is 0 Å². The van der Waals surface area contributed by atoms with Crippen LogP contribution in [0.4, 0.5) is 0 Å². The van der Waals surface area contributed by atoms with E-state index in [2.05, 4.69) is 4.98 Å². The Hall–Kier alpha value is -2.13. The second-order valence-corrected chi connectivity index (χ2v) is 11.1. The molecule has 0 aromatic carbocycles. The first kappa shape index (κ1) is 29.1. The maximum Gasteiger partial charge on any atom is 0.309 e. The number of aromatic nitrogens is 1. The number of allylic oxidation sites excluding steroid dienone is 3. The highest BCUT2D eigenvalue weighted by Gasteiger charge is 2.42. The van der Waals surface area contributed by atoms with E-state index in [0.717, 1.165) is 21.8 Å². The molecule has 2 heterocycles. The van der Waals surface area contributed by atoms with Crippen molar-refractivity contribution in [1.82, 2.24) is 4.98 Å². The maximum absolute atomic E-state index is 13.2. The normalized spacial score (nSPS) is 29.6. The minimum atomic E-state index is -1.24. The fraction of sp³-hybridized carbons (Fsp3) is 0.593. The molecule has 1 aromatic rings. The minimum absolute atomic E-state index is 0.140. The molecule has 0 radical (unpaired) electrons. The van der Waals surface area contributed by atoms with Gasteiger partial charge in [0.05, 0.1) is 29.7 Å². The van der Waals surface area contributed by atoms with Gasteiger partial charge < -0.3 is 20.7 Å². The molecule has 0 saturated heterocycles. The third-order valence-corrected chi connectivity index (χ3v) is 7.67. The van der Waals surface area contributed by atoms with Crippen molar-refractivity contribution in [1.29, 1.82) is 0 Å². The summed E-state index contributed by atoms with van der Waals surface area (Å²) in [6.07, 6.45) is 5.92. The Morgan fingerprint density at radius 3 is 2.60 bits per heavy atom. The number of hydrogen-bond acceptors (Lipinski definition) is 8. The first-order chi connectivity index (χ1) is 16.4. The van der Waals surface area contributed by atoms with Crippen LogP contribution in [0, 0.1) is 17.3 Å². The summed E-state index contributed by atoms with van der Waals surface area (Å²) < 4.78 is 5.79. The molecule has 1 aliphatic rings. The number of rotatable bonds is 3. The summed E-state index contributed by atoms with van der Waals surface area (Å²) in [5.41, 5.74) is 7.01. The van der Waals surface area contributed by atoms with Crippen LogP contribution in [-0.4, -0.2) is 45.3 Å². The zero-order chi connectivity index (χ0) is 26.3. The lowest BCUT2D eigenvalue weighted by Crippen LogP contribution is -2.45. The number of aliphatic hydroxyl groups is 2. The molecule has 4 N–H and O–H groups in total. The van der Waals surface area contributed by atoms with Crippen molar-refractivity contribution in [3.8, 4) is 0 Å². The summed E-state index contributed by atoms with van der Waals surface area (Å²) in [6.45, 7) is 11.0. The standard InChI is InChI=1S/C27H40N2O5S/c1-16-8-7-9-17(2)25(32)19(4)26(33)27(5,6)22(30)13-24(31)34-21(11-10-16)18(3)12-20-15-35-23(14-28)29-20/h7-8,10,12,15,17,19,21-22,25,30,32H,9,11,13-14,28H2,1-6H3/b8-7?,16-10?,18-12+/t17-,19+,21-,22-,25-/m0/s1. The Kier molecular flexibility index (Phi) is 10.6. The monoisotopic (exact) mass is 504 g/mol. The van der Waals surface area contributed by atoms with Gasteiger partial charge in [-0.15, -0.1) is 11.3 Å². The van der Waals surface area contributed by atoms with Crippen molar-refractivity contribution in [2.24, 2.45) is 23.0 Å². The smallest absolute Gasteiger partial charge is 0.309 e. The van der Waals surface area contributed by atoms with Gasteiger partial charge in [0.15, 0.2) is 0 Å². The van der Waals surface area contributed by atoms with Crippen LogP contribution < -0.4 is 5.73 Å². The van der Waals surface area contributed by atoms with Crippen molar-refractivity contribution in [2.45, 2.75) is 85.7 Å². The quantitative estimate of drug-likeness (QED) is 0.527. The van der Waals surface area contributed by atoms with Crippen LogP contribution in [0.1, 0.15) is 71.5 Å². The van der Waals surface area contributed by atoms with Gasteiger partial charge in [-0.25, -0.2) is 4.98 Å². The van der Waals surface area contributed by atoms with Crippen LogP contribution >= 0.6 is 11.3 Å². The van der Waals surface area contributed by atoms with Gasteiger partial charge in [-0.2, -0.15) is 0 Å². The highest BCUT2D eigenvalue weighted by atomic mass is 32.1. The maximum atomic E-state index is 13.2. The number of nitrogens with zero attached hydrogens (tertiary/aromatic N) is 1. The lowest BCUT2D eigenvalue weighted by Gasteiger charge is -2.34. The number of ether oxygens (including phenoxy) is 1. The minimum Gasteiger partial charge on any atom is -0.457 e. The summed E-state index contributed by atoms with van der Waals surface area (Å²) in [7, 11) is 0. The van der Waals surface area contributed by atoms with E-state index in [-0.39, 0.29) is 18.1 Å². The Balaban J connectivity index is 2.37. The third-order valence-electron chi connectivity index (χ3n) is 6.78. The Morgan fingerprint density at radius 1 is 1.29 bits per heavy atom. The van der Waals surface area contributed by atoms with Gasteiger partial charge >= 0.3 is 5.97 Å². The van der Waals surface area contributed by atoms with Gasteiger partial charge in [-0.05, 0) is 37.8 Å². The Bertz CT molecular complexity index is 978. The van der Waals surface area contributed by atoms with Gasteiger partial charge in [0.25, 0.3) is 0 Å². The van der Waals surface area contributed by atoms with E-state index < -0.39 is 35.6 Å². The number of nitrogens with two attached hydrogens (primary N) is 1. The summed E-state index contributed by atoms with van der Waals surface area (Å²) in [6, 6.07) is 0. The second-order valence-electron chi connectivity index (χ2n) is 10.1. The molecular formula is C27H40N2O5S. The summed E-state index contributed by atoms with van der Waals surface area (Å²) in [5, 5.41) is 24.3. The molecule has 7 nitrogen and oxygen atoms in total. The Labute approximate surface area is 212 Å². The van der Waals surface area contributed by atoms with Crippen molar-refractivity contribution in [3.63, 3.8) is 0 Å². The Morgan fingerprint density at radius 2 is 1.97 bits per heavy atom. The van der Waals surface area contributed by atoms with Crippen LogP contribution in [0.15, 0.2) is 34.8 Å². The molecule has 0 amide bonds. The number of ketones is 1. The van der Waals surface area contributed by atoms with Crippen LogP contribution in [0.3, 0.4) is 0 Å². The number of hydrogen-bond donors (Lipinski definition) is 3. The van der Waals surface area contributed by atoms with Gasteiger partial charge in [0.2, 0.25) is 0 Å². The average molecular weight is 505 g/mol. The highest BCUT2D eigenvalue weighted by Crippen LogP contribution is 2.32. The molecule has 194 valence electrons. The largest absolute Gasteiger partial charge is 0.457 e. The highest BCUT2D eigenvalue weighted by molar-refractivity contribution is 7.09. The zero-order valence-corrected chi connectivity index (χ0v) is 22.5. The lowest BCUT2D eigenvalue weighted by molar-refractivity contribution is -0.154. The summed E-state index contributed by atoms with van der Waals surface area (Å²) in [5.74, 6) is -1.69. The summed E-state index contributed by atoms with van der Waals surface area (Å²) >= 11 is 1.47. The summed E-state index contributed by atoms with van der Waals surface area (Å²) in [4.78, 5) is 30.5. The fourth-order valence-electron chi connectivity index (χ4n) is 4.13. The van der Waals surface area contributed by atoms with Crippen molar-refractivity contribution >= 4 is 29.2 Å². The molecule has 1 aliphatic heterocycles. The van der Waals surface area contributed by atoms with Crippen LogP contribution in [-0.2, 0) is 20.9 Å². The van der Waals surface area contributed by atoms with E-state index in [4.69, 9.17) is 10.5 Å². The van der Waals surface area contributed by atoms with E-state index in [1.165, 1.54) is 11.3 Å². The van der Waals surface area contributed by atoms with E-state index in [9.17, 15) is 19.8 Å². The number of esters is 1. The molecule has 0 bridgehead atoms. The molecule has 0 saturated carbocycles. The predicted octanol–water partition coefficient (Wildman–Crippen LogP) is 4.19. The second kappa shape index (κ2) is 12.7. The fourth-order valence-corrected chi connectivity index (χ4v) is 4.76. The first-order valence-corrected chi connectivity index (χ1v) is 13.0. The molecule has 8 heteroatoms. The van der Waals surface area contributed by atoms with Gasteiger partial charge in [0, 0.05) is 24.3 Å². The molecule has 0 aliphatic carbocycles. The molecule has 5 atom stereocenters. The van der Waals surface area contributed by atoms with E-state index in [0.29, 0.717) is 19.4 Å². The zero-order valence-electron chi connectivity index (χ0n) is 21.7. The van der Waals surface area contributed by atoms with E-state index in [1.54, 1.807) is 20.8 Å². The molecule has 1 aromatic heterocycles. The van der Waals surface area contributed by atoms with E-state index in [1.807, 2.05) is 50.5 Å². The van der Waals surface area contributed by atoms with Crippen molar-refractivity contribution in [2.75, 3.05) is 0 Å². The lowest BCUT2D eigenvalue weighted by atomic mass is 9.73. The molecule has 2 rings (SSSR count). The molecule has 35 heavy (non-hydrogen) atoms. The van der Waals surface area contributed by atoms with Crippen LogP contribution in [0.2, 0.25) is 0 Å². The number of thiazole rings is 1. The SMILES string of the molecule is CC1=CC[C@@H](/C(C)=C/c2csc(CN)n2)OC(=O)C[C@H](O)C(C)(C)C(=O)[C@H](C)[C@@H](O)[C@@H](C)CC=C1. The number of aliphatic hydroxyl groups excluding tert-OH is 2. The first-order valence-electron chi connectivity index (χ1n) is 12.1. The molecular weight excluding hydrogens is 464 g/mol. The molecule has 0 spiro atoms. The third kappa shape index (κ3) is 7.93. The van der Waals surface area contributed by atoms with Crippen LogP contribution in [0.25, 0.3) is 6.08 Å². The number of carbonyl (C=O) groups is 2. The van der Waals surface area contributed by atoms with Gasteiger partial charge in [0.1, 0.15) is 16.9 Å². The predicted molar refractivity (Wildman–Crippen MR) is 139 cm³/mol. The molecule has 0 fully saturated rings. The average Bonchev–Trinajstić information content (AvgIpc) is 3.26. The number of cyclic esters (lactones) is 1. The van der Waals surface area contributed by atoms with Crippen molar-refractivity contribution in [3.05, 3.63) is 45.5 Å². The number of carbonyl (C=O) groups excluding carboxylic acids is 2. The molecule has 0 unspecified atom stereocenters. The van der Waals surface area contributed by atoms with Crippen molar-refractivity contribution < 1.29 is 24.5 Å². The van der Waals surface area contributed by atoms with Gasteiger partial charge in [-0.3, -0.25) is 9.59 Å². The topological polar surface area (TPSA) is 123 Å². The number of Topliss-reactive ketones (excluding diaryl/α,β-unsaturated/α-hetero) is 1.